The van der Waals surface area contributed by atoms with Gasteiger partial charge in [-0.3, -0.25) is 4.68 Å². The van der Waals surface area contributed by atoms with E-state index in [9.17, 15) is 9.59 Å². The third-order valence-corrected chi connectivity index (χ3v) is 6.66. The van der Waals surface area contributed by atoms with E-state index < -0.39 is 23.4 Å². The van der Waals surface area contributed by atoms with Crippen LogP contribution in [0.25, 0.3) is 5.57 Å². The van der Waals surface area contributed by atoms with Gasteiger partial charge in [0.05, 0.1) is 11.7 Å². The summed E-state index contributed by atoms with van der Waals surface area (Å²) < 4.78 is 13.1. The first-order valence-electron chi connectivity index (χ1n) is 13.0. The molecule has 8 heteroatoms. The highest BCUT2D eigenvalue weighted by atomic mass is 16.6. The van der Waals surface area contributed by atoms with Crippen LogP contribution in [0.5, 0.6) is 0 Å². The minimum Gasteiger partial charge on any atom is -0.443 e. The zero-order valence-corrected chi connectivity index (χ0v) is 22.5. The summed E-state index contributed by atoms with van der Waals surface area (Å²) in [6.07, 6.45) is 9.67. The molecule has 0 aromatic carbocycles. The number of carbonyl (C=O) groups is 2. The van der Waals surface area contributed by atoms with E-state index in [1.54, 1.807) is 41.5 Å². The van der Waals surface area contributed by atoms with Crippen LogP contribution in [-0.2, 0) is 9.47 Å². The van der Waals surface area contributed by atoms with Crippen LogP contribution in [0.1, 0.15) is 103 Å². The lowest BCUT2D eigenvalue weighted by molar-refractivity contribution is -0.00641. The number of hydrogen-bond acceptors (Lipinski definition) is 6. The summed E-state index contributed by atoms with van der Waals surface area (Å²) in [6, 6.07) is 0.285. The maximum absolute atomic E-state index is 12.8. The van der Waals surface area contributed by atoms with Crippen LogP contribution in [0.15, 0.2) is 12.4 Å². The second-order valence-corrected chi connectivity index (χ2v) is 12.5. The van der Waals surface area contributed by atoms with Gasteiger partial charge in [0.2, 0.25) is 0 Å². The number of aromatic nitrogens is 2. The molecule has 0 atom stereocenters. The lowest BCUT2D eigenvalue weighted by Gasteiger charge is -2.38. The molecule has 0 saturated heterocycles. The molecule has 0 N–H and O–H groups in total. The Morgan fingerprint density at radius 2 is 1.66 bits per heavy atom. The molecule has 35 heavy (non-hydrogen) atoms. The van der Waals surface area contributed by atoms with Gasteiger partial charge in [-0.2, -0.15) is 5.10 Å². The molecule has 2 amide bonds. The molecular weight excluding hydrogens is 444 g/mol. The zero-order valence-electron chi connectivity index (χ0n) is 22.5. The number of ether oxygens (including phenoxy) is 2. The first-order chi connectivity index (χ1) is 16.3. The highest BCUT2D eigenvalue weighted by molar-refractivity contribution is 5.88. The fourth-order valence-corrected chi connectivity index (χ4v) is 4.80. The first kappa shape index (κ1) is 25.6. The third-order valence-electron chi connectivity index (χ3n) is 6.66. The number of nitrogens with zero attached hydrogens (tertiary/aromatic N) is 4. The van der Waals surface area contributed by atoms with E-state index in [1.807, 2.05) is 0 Å². The standard InChI is InChI=1S/C27H42N4O4/c1-26(2,3)34-24(32)30(25(33)35-27(4,5)6)15-18-13-21(14-18)31-17-22(23(28-31)19-10-11-19)20-9-8-12-29(7)16-20/h16-19,21H,8-15H2,1-7H3. The molecule has 1 aliphatic heterocycles. The fourth-order valence-electron chi connectivity index (χ4n) is 4.80. The predicted octanol–water partition coefficient (Wildman–Crippen LogP) is 5.95. The minimum atomic E-state index is -0.688. The predicted molar refractivity (Wildman–Crippen MR) is 135 cm³/mol. The van der Waals surface area contributed by atoms with Crippen LogP contribution >= 0.6 is 0 Å². The van der Waals surface area contributed by atoms with Gasteiger partial charge in [-0.15, -0.1) is 0 Å². The molecule has 3 aliphatic rings. The van der Waals surface area contributed by atoms with Crippen molar-refractivity contribution in [2.75, 3.05) is 20.1 Å². The van der Waals surface area contributed by atoms with Gasteiger partial charge in [0.1, 0.15) is 11.2 Å². The lowest BCUT2D eigenvalue weighted by Crippen LogP contribution is -2.47. The fraction of sp³-hybridized carbons (Fsp3) is 0.741. The van der Waals surface area contributed by atoms with Crippen molar-refractivity contribution in [2.45, 2.75) is 103 Å². The van der Waals surface area contributed by atoms with E-state index in [0.717, 1.165) is 30.7 Å². The van der Waals surface area contributed by atoms with Gasteiger partial charge in [-0.05, 0) is 91.6 Å². The second-order valence-electron chi connectivity index (χ2n) is 12.5. The summed E-state index contributed by atoms with van der Waals surface area (Å²) >= 11 is 0. The Morgan fingerprint density at radius 3 is 2.17 bits per heavy atom. The molecule has 2 saturated carbocycles. The van der Waals surface area contributed by atoms with Crippen molar-refractivity contribution in [1.82, 2.24) is 19.6 Å². The van der Waals surface area contributed by atoms with Crippen LogP contribution in [0, 0.1) is 5.92 Å². The van der Waals surface area contributed by atoms with Crippen molar-refractivity contribution in [3.63, 3.8) is 0 Å². The topological polar surface area (TPSA) is 76.9 Å². The monoisotopic (exact) mass is 486 g/mol. The molecule has 0 unspecified atom stereocenters. The zero-order chi connectivity index (χ0) is 25.5. The van der Waals surface area contributed by atoms with E-state index in [4.69, 9.17) is 14.6 Å². The van der Waals surface area contributed by atoms with Crippen molar-refractivity contribution in [1.29, 1.82) is 0 Å². The Kier molecular flexibility index (Phi) is 6.95. The summed E-state index contributed by atoms with van der Waals surface area (Å²) in [6.45, 7) is 12.2. The van der Waals surface area contributed by atoms with Gasteiger partial charge in [-0.1, -0.05) is 0 Å². The Morgan fingerprint density at radius 1 is 1.06 bits per heavy atom. The van der Waals surface area contributed by atoms with E-state index >= 15 is 0 Å². The number of rotatable bonds is 5. The average Bonchev–Trinajstić information content (AvgIpc) is 3.43. The maximum atomic E-state index is 12.8. The summed E-state index contributed by atoms with van der Waals surface area (Å²) in [7, 11) is 2.14. The molecule has 2 aliphatic carbocycles. The Hall–Kier alpha value is -2.51. The molecule has 2 heterocycles. The second kappa shape index (κ2) is 9.51. The molecule has 8 nitrogen and oxygen atoms in total. The van der Waals surface area contributed by atoms with Gasteiger partial charge < -0.3 is 14.4 Å². The van der Waals surface area contributed by atoms with Crippen molar-refractivity contribution < 1.29 is 19.1 Å². The molecule has 0 spiro atoms. The molecule has 194 valence electrons. The smallest absolute Gasteiger partial charge is 0.419 e. The number of amides is 2. The lowest BCUT2D eigenvalue weighted by atomic mass is 9.80. The normalized spacial score (nSPS) is 22.8. The van der Waals surface area contributed by atoms with Gasteiger partial charge in [0, 0.05) is 44.0 Å². The Bertz CT molecular complexity index is 946. The van der Waals surface area contributed by atoms with Crippen LogP contribution < -0.4 is 0 Å². The molecule has 0 radical (unpaired) electrons. The summed E-state index contributed by atoms with van der Waals surface area (Å²) in [5.74, 6) is 0.780. The summed E-state index contributed by atoms with van der Waals surface area (Å²) in [4.78, 5) is 29.0. The van der Waals surface area contributed by atoms with Gasteiger partial charge in [0.15, 0.2) is 0 Å². The van der Waals surface area contributed by atoms with E-state index in [0.29, 0.717) is 12.5 Å². The first-order valence-corrected chi connectivity index (χ1v) is 13.0. The Balaban J connectivity index is 1.43. The van der Waals surface area contributed by atoms with Crippen LogP contribution in [0.3, 0.4) is 0 Å². The SMILES string of the molecule is CN1C=C(c2cn(C3CC(CN(C(=O)OC(C)(C)C)C(=O)OC(C)(C)C)C3)nc2C2CC2)CCC1. The summed E-state index contributed by atoms with van der Waals surface area (Å²) in [5, 5.41) is 5.04. The quantitative estimate of drug-likeness (QED) is 0.512. The van der Waals surface area contributed by atoms with Crippen molar-refractivity contribution in [3.8, 4) is 0 Å². The maximum Gasteiger partial charge on any atom is 0.419 e. The molecular formula is C27H42N4O4. The van der Waals surface area contributed by atoms with Crippen molar-refractivity contribution in [2.24, 2.45) is 5.92 Å². The number of hydrogen-bond donors (Lipinski definition) is 0. The number of carbonyl (C=O) groups excluding carboxylic acids is 2. The largest absolute Gasteiger partial charge is 0.443 e. The Labute approximate surface area is 209 Å². The molecule has 1 aromatic rings. The highest BCUT2D eigenvalue weighted by Gasteiger charge is 2.39. The highest BCUT2D eigenvalue weighted by Crippen LogP contribution is 2.45. The average molecular weight is 487 g/mol. The van der Waals surface area contributed by atoms with Crippen molar-refractivity contribution in [3.05, 3.63) is 23.7 Å². The number of imide groups is 1. The molecule has 4 rings (SSSR count). The van der Waals surface area contributed by atoms with Crippen LogP contribution in [0.4, 0.5) is 9.59 Å². The van der Waals surface area contributed by atoms with E-state index in [-0.39, 0.29) is 12.0 Å². The molecule has 0 bridgehead atoms. The number of allylic oxidation sites excluding steroid dienone is 1. The molecule has 1 aromatic heterocycles. The van der Waals surface area contributed by atoms with Gasteiger partial charge >= 0.3 is 12.2 Å². The van der Waals surface area contributed by atoms with Crippen molar-refractivity contribution >= 4 is 17.8 Å². The van der Waals surface area contributed by atoms with Gasteiger partial charge in [-0.25, -0.2) is 14.5 Å². The van der Waals surface area contributed by atoms with E-state index in [2.05, 4.69) is 29.0 Å². The third kappa shape index (κ3) is 6.58. The summed E-state index contributed by atoms with van der Waals surface area (Å²) in [5.41, 5.74) is 2.58. The van der Waals surface area contributed by atoms with Crippen LogP contribution in [-0.4, -0.2) is 63.1 Å². The van der Waals surface area contributed by atoms with Gasteiger partial charge in [0.25, 0.3) is 0 Å². The van der Waals surface area contributed by atoms with E-state index in [1.165, 1.54) is 36.1 Å². The molecule has 2 fully saturated rings. The van der Waals surface area contributed by atoms with Crippen LogP contribution in [0.2, 0.25) is 0 Å². The minimum absolute atomic E-state index is 0.192.